The van der Waals surface area contributed by atoms with Gasteiger partial charge in [-0.15, -0.1) is 0 Å². The van der Waals surface area contributed by atoms with E-state index in [1.165, 1.54) is 6.07 Å². The second-order valence-electron chi connectivity index (χ2n) is 3.61. The molecule has 2 aromatic rings. The van der Waals surface area contributed by atoms with E-state index in [1.807, 2.05) is 12.3 Å². The summed E-state index contributed by atoms with van der Waals surface area (Å²) in [5.74, 6) is -0.150. The van der Waals surface area contributed by atoms with Gasteiger partial charge in [-0.1, -0.05) is 6.07 Å². The van der Waals surface area contributed by atoms with Gasteiger partial charge in [-0.05, 0) is 37.6 Å². The van der Waals surface area contributed by atoms with Crippen molar-refractivity contribution in [3.8, 4) is 0 Å². The van der Waals surface area contributed by atoms with Crippen molar-refractivity contribution >= 4 is 10.9 Å². The molecule has 0 saturated heterocycles. The number of benzene rings is 1. The third kappa shape index (κ3) is 1.63. The number of hydrogen-bond donors (Lipinski definition) is 1. The molecule has 3 heteroatoms. The highest BCUT2D eigenvalue weighted by atomic mass is 19.1. The van der Waals surface area contributed by atoms with Gasteiger partial charge in [-0.2, -0.15) is 0 Å². The number of rotatable bonds is 3. The molecule has 0 amide bonds. The first-order valence-electron chi connectivity index (χ1n) is 5.24. The summed E-state index contributed by atoms with van der Waals surface area (Å²) in [5.41, 5.74) is 7.49. The molecule has 1 aromatic heterocycles. The van der Waals surface area contributed by atoms with Gasteiger partial charge in [0.1, 0.15) is 5.82 Å². The van der Waals surface area contributed by atoms with Crippen LogP contribution in [0.3, 0.4) is 0 Å². The Morgan fingerprint density at radius 2 is 2.20 bits per heavy atom. The molecule has 0 saturated carbocycles. The zero-order valence-corrected chi connectivity index (χ0v) is 8.83. The van der Waals surface area contributed by atoms with Crippen LogP contribution in [-0.4, -0.2) is 11.1 Å². The molecule has 0 unspecified atom stereocenters. The smallest absolute Gasteiger partial charge is 0.132 e. The number of fused-ring (bicyclic) bond motifs is 1. The molecule has 2 N–H and O–H groups in total. The molecule has 0 fully saturated rings. The van der Waals surface area contributed by atoms with Crippen LogP contribution in [0, 0.1) is 5.82 Å². The molecule has 0 radical (unpaired) electrons. The van der Waals surface area contributed by atoms with Gasteiger partial charge in [-0.25, -0.2) is 4.39 Å². The number of nitrogens with zero attached hydrogens (tertiary/aromatic N) is 1. The number of aryl methyl sites for hydroxylation is 1. The van der Waals surface area contributed by atoms with Crippen molar-refractivity contribution in [3.63, 3.8) is 0 Å². The summed E-state index contributed by atoms with van der Waals surface area (Å²) in [6.07, 6.45) is 2.73. The lowest BCUT2D eigenvalue weighted by Crippen LogP contribution is -2.02. The van der Waals surface area contributed by atoms with Crippen LogP contribution in [0.4, 0.5) is 4.39 Å². The maximum Gasteiger partial charge on any atom is 0.132 e. The lowest BCUT2D eigenvalue weighted by molar-refractivity contribution is 0.638. The first kappa shape index (κ1) is 10.2. The summed E-state index contributed by atoms with van der Waals surface area (Å²) >= 11 is 0. The molecule has 80 valence electrons. The highest BCUT2D eigenvalue weighted by Crippen LogP contribution is 2.24. The fourth-order valence-electron chi connectivity index (χ4n) is 2.00. The van der Waals surface area contributed by atoms with Crippen LogP contribution >= 0.6 is 0 Å². The van der Waals surface area contributed by atoms with E-state index in [4.69, 9.17) is 5.73 Å². The zero-order chi connectivity index (χ0) is 10.8. The van der Waals surface area contributed by atoms with E-state index in [2.05, 4.69) is 11.5 Å². The maximum atomic E-state index is 13.7. The summed E-state index contributed by atoms with van der Waals surface area (Å²) in [6, 6.07) is 5.19. The number of aromatic nitrogens is 1. The summed E-state index contributed by atoms with van der Waals surface area (Å²) in [6.45, 7) is 3.46. The number of nitrogens with two attached hydrogens (primary N) is 1. The van der Waals surface area contributed by atoms with E-state index in [9.17, 15) is 4.39 Å². The van der Waals surface area contributed by atoms with Crippen LogP contribution in [0.25, 0.3) is 10.9 Å². The quantitative estimate of drug-likeness (QED) is 0.820. The van der Waals surface area contributed by atoms with Gasteiger partial charge in [0.25, 0.3) is 0 Å². The second kappa shape index (κ2) is 4.03. The normalized spacial score (nSPS) is 11.1. The molecule has 1 heterocycles. The van der Waals surface area contributed by atoms with Crippen molar-refractivity contribution < 1.29 is 4.39 Å². The first-order chi connectivity index (χ1) is 7.27. The third-order valence-corrected chi connectivity index (χ3v) is 2.69. The Labute approximate surface area is 88.5 Å². The molecule has 2 nitrogen and oxygen atoms in total. The molecular weight excluding hydrogens is 191 g/mol. The fraction of sp³-hybridized carbons (Fsp3) is 0.333. The van der Waals surface area contributed by atoms with E-state index >= 15 is 0 Å². The summed E-state index contributed by atoms with van der Waals surface area (Å²) in [4.78, 5) is 0. The van der Waals surface area contributed by atoms with E-state index in [0.29, 0.717) is 6.54 Å². The van der Waals surface area contributed by atoms with Gasteiger partial charge >= 0.3 is 0 Å². The Morgan fingerprint density at radius 3 is 2.87 bits per heavy atom. The van der Waals surface area contributed by atoms with Crippen LogP contribution in [0.5, 0.6) is 0 Å². The van der Waals surface area contributed by atoms with Gasteiger partial charge in [0.2, 0.25) is 0 Å². The van der Waals surface area contributed by atoms with Gasteiger partial charge in [-0.3, -0.25) is 0 Å². The van der Waals surface area contributed by atoms with Crippen molar-refractivity contribution in [3.05, 3.63) is 35.8 Å². The van der Waals surface area contributed by atoms with Crippen LogP contribution < -0.4 is 5.73 Å². The Hall–Kier alpha value is -1.35. The predicted octanol–water partition coefficient (Wildman–Crippen LogP) is 2.30. The van der Waals surface area contributed by atoms with E-state index < -0.39 is 0 Å². The molecule has 0 spiro atoms. The number of hydrogen-bond acceptors (Lipinski definition) is 1. The van der Waals surface area contributed by atoms with Crippen molar-refractivity contribution in [1.82, 2.24) is 4.57 Å². The molecule has 0 aliphatic heterocycles. The minimum Gasteiger partial charge on any atom is -0.347 e. The van der Waals surface area contributed by atoms with Crippen LogP contribution in [0.15, 0.2) is 24.4 Å². The highest BCUT2D eigenvalue weighted by molar-refractivity contribution is 5.84. The van der Waals surface area contributed by atoms with Crippen molar-refractivity contribution in [2.24, 2.45) is 5.73 Å². The lowest BCUT2D eigenvalue weighted by Gasteiger charge is -1.99. The second-order valence-corrected chi connectivity index (χ2v) is 3.61. The largest absolute Gasteiger partial charge is 0.347 e. The van der Waals surface area contributed by atoms with E-state index in [0.717, 1.165) is 29.4 Å². The van der Waals surface area contributed by atoms with Crippen LogP contribution in [0.1, 0.15) is 12.5 Å². The van der Waals surface area contributed by atoms with Gasteiger partial charge in [0, 0.05) is 18.1 Å². The lowest BCUT2D eigenvalue weighted by atomic mass is 10.1. The van der Waals surface area contributed by atoms with Crippen molar-refractivity contribution in [2.75, 3.05) is 6.54 Å². The molecule has 2 rings (SSSR count). The molecular formula is C12H15FN2. The van der Waals surface area contributed by atoms with Crippen molar-refractivity contribution in [2.45, 2.75) is 19.9 Å². The minimum atomic E-state index is -0.150. The SMILES string of the molecule is CCn1cc(CCN)c2c(F)cccc21. The van der Waals surface area contributed by atoms with Gasteiger partial charge < -0.3 is 10.3 Å². The summed E-state index contributed by atoms with van der Waals surface area (Å²) < 4.78 is 15.7. The predicted molar refractivity (Wildman–Crippen MR) is 60.3 cm³/mol. The standard InChI is InChI=1S/C12H15FN2/c1-2-15-8-9(6-7-14)12-10(13)4-3-5-11(12)15/h3-5,8H,2,6-7,14H2,1H3. The third-order valence-electron chi connectivity index (χ3n) is 2.69. The topological polar surface area (TPSA) is 30.9 Å². The van der Waals surface area contributed by atoms with Crippen LogP contribution in [-0.2, 0) is 13.0 Å². The van der Waals surface area contributed by atoms with Crippen LogP contribution in [0.2, 0.25) is 0 Å². The van der Waals surface area contributed by atoms with E-state index in [-0.39, 0.29) is 5.82 Å². The molecule has 0 aliphatic carbocycles. The van der Waals surface area contributed by atoms with Gasteiger partial charge in [0.15, 0.2) is 0 Å². The Bertz CT molecular complexity index is 474. The Morgan fingerprint density at radius 1 is 1.40 bits per heavy atom. The Balaban J connectivity index is 2.70. The van der Waals surface area contributed by atoms with Crippen molar-refractivity contribution in [1.29, 1.82) is 0 Å². The molecule has 0 bridgehead atoms. The minimum absolute atomic E-state index is 0.150. The monoisotopic (exact) mass is 206 g/mol. The zero-order valence-electron chi connectivity index (χ0n) is 8.83. The number of halogens is 1. The average Bonchev–Trinajstić information content (AvgIpc) is 2.59. The average molecular weight is 206 g/mol. The molecule has 0 aliphatic rings. The maximum absolute atomic E-state index is 13.7. The highest BCUT2D eigenvalue weighted by Gasteiger charge is 2.10. The molecule has 1 aromatic carbocycles. The fourth-order valence-corrected chi connectivity index (χ4v) is 2.00. The summed E-state index contributed by atoms with van der Waals surface area (Å²) in [7, 11) is 0. The molecule has 15 heavy (non-hydrogen) atoms. The summed E-state index contributed by atoms with van der Waals surface area (Å²) in [5, 5.41) is 0.727. The first-order valence-corrected chi connectivity index (χ1v) is 5.24. The van der Waals surface area contributed by atoms with E-state index in [1.54, 1.807) is 6.07 Å². The van der Waals surface area contributed by atoms with Gasteiger partial charge in [0.05, 0.1) is 5.52 Å². The molecule has 0 atom stereocenters. The Kier molecular flexibility index (Phi) is 2.73.